The first kappa shape index (κ1) is 12.9. The van der Waals surface area contributed by atoms with Gasteiger partial charge in [-0.25, -0.2) is 0 Å². The molecule has 1 rings (SSSR count). The van der Waals surface area contributed by atoms with Crippen molar-refractivity contribution in [3.05, 3.63) is 0 Å². The number of nitrogens with zero attached hydrogens (tertiary/aromatic N) is 1. The zero-order chi connectivity index (χ0) is 11.5. The van der Waals surface area contributed by atoms with E-state index in [2.05, 4.69) is 31.1 Å². The predicted molar refractivity (Wildman–Crippen MR) is 64.0 cm³/mol. The van der Waals surface area contributed by atoms with Gasteiger partial charge < -0.3 is 10.4 Å². The first-order valence-corrected chi connectivity index (χ1v) is 6.02. The number of nitrogens with one attached hydrogen (secondary N) is 1. The molecule has 90 valence electrons. The van der Waals surface area contributed by atoms with Crippen LogP contribution in [0.4, 0.5) is 0 Å². The van der Waals surface area contributed by atoms with E-state index in [4.69, 9.17) is 0 Å². The van der Waals surface area contributed by atoms with Crippen LogP contribution < -0.4 is 5.32 Å². The van der Waals surface area contributed by atoms with Crippen LogP contribution in [0, 0.1) is 0 Å². The highest BCUT2D eigenvalue weighted by Gasteiger charge is 2.31. The zero-order valence-electron chi connectivity index (χ0n) is 10.6. The predicted octanol–water partition coefficient (Wildman–Crippen LogP) is 1.22. The van der Waals surface area contributed by atoms with Gasteiger partial charge >= 0.3 is 0 Å². The van der Waals surface area contributed by atoms with Gasteiger partial charge in [-0.15, -0.1) is 0 Å². The lowest BCUT2D eigenvalue weighted by Gasteiger charge is -2.43. The summed E-state index contributed by atoms with van der Waals surface area (Å²) < 4.78 is 0. The van der Waals surface area contributed by atoms with E-state index in [0.29, 0.717) is 12.1 Å². The Morgan fingerprint density at radius 3 is 2.20 bits per heavy atom. The maximum Gasteiger partial charge on any atom is 0.0610 e. The van der Waals surface area contributed by atoms with Gasteiger partial charge in [-0.3, -0.25) is 4.90 Å². The summed E-state index contributed by atoms with van der Waals surface area (Å²) in [5, 5.41) is 12.7. The molecule has 3 nitrogen and oxygen atoms in total. The van der Waals surface area contributed by atoms with Crippen molar-refractivity contribution >= 4 is 0 Å². The van der Waals surface area contributed by atoms with Gasteiger partial charge in [0.15, 0.2) is 0 Å². The smallest absolute Gasteiger partial charge is 0.0610 e. The number of aliphatic hydroxyl groups is 1. The Hall–Kier alpha value is -0.120. The summed E-state index contributed by atoms with van der Waals surface area (Å²) in [5.41, 5.74) is -0.0862. The number of likely N-dealkylation sites (N-methyl/N-ethyl adjacent to an activating group) is 1. The second-order valence-corrected chi connectivity index (χ2v) is 5.38. The third kappa shape index (κ3) is 3.16. The van der Waals surface area contributed by atoms with Gasteiger partial charge in [0.25, 0.3) is 0 Å². The third-order valence-corrected chi connectivity index (χ3v) is 3.99. The highest BCUT2D eigenvalue weighted by Crippen LogP contribution is 2.26. The van der Waals surface area contributed by atoms with Crippen LogP contribution in [0.15, 0.2) is 0 Å². The fourth-order valence-electron chi connectivity index (χ4n) is 2.36. The molecule has 1 fully saturated rings. The molecule has 0 heterocycles. The molecule has 2 N–H and O–H groups in total. The molecule has 1 aliphatic rings. The van der Waals surface area contributed by atoms with Crippen LogP contribution in [0.1, 0.15) is 39.5 Å². The highest BCUT2D eigenvalue weighted by molar-refractivity contribution is 4.88. The molecular formula is C12H26N2O. The van der Waals surface area contributed by atoms with Gasteiger partial charge in [-0.05, 0) is 53.6 Å². The number of rotatable bonds is 4. The minimum Gasteiger partial charge on any atom is -0.394 e. The van der Waals surface area contributed by atoms with E-state index in [-0.39, 0.29) is 12.1 Å². The largest absolute Gasteiger partial charge is 0.394 e. The van der Waals surface area contributed by atoms with Crippen molar-refractivity contribution in [1.82, 2.24) is 10.2 Å². The quantitative estimate of drug-likeness (QED) is 0.738. The highest BCUT2D eigenvalue weighted by atomic mass is 16.3. The van der Waals surface area contributed by atoms with Crippen LogP contribution in [0.5, 0.6) is 0 Å². The summed E-state index contributed by atoms with van der Waals surface area (Å²) >= 11 is 0. The van der Waals surface area contributed by atoms with Crippen molar-refractivity contribution in [2.45, 2.75) is 57.2 Å². The van der Waals surface area contributed by atoms with Gasteiger partial charge in [0, 0.05) is 17.6 Å². The molecule has 0 aromatic carbocycles. The summed E-state index contributed by atoms with van der Waals surface area (Å²) in [5.74, 6) is 0. The monoisotopic (exact) mass is 214 g/mol. The van der Waals surface area contributed by atoms with E-state index >= 15 is 0 Å². The molecule has 0 aliphatic heterocycles. The van der Waals surface area contributed by atoms with Crippen molar-refractivity contribution in [1.29, 1.82) is 0 Å². The average Bonchev–Trinajstić information content (AvgIpc) is 2.28. The van der Waals surface area contributed by atoms with Crippen LogP contribution in [0.25, 0.3) is 0 Å². The summed E-state index contributed by atoms with van der Waals surface area (Å²) in [6.07, 6.45) is 5.00. The fourth-order valence-corrected chi connectivity index (χ4v) is 2.36. The number of hydrogen-bond donors (Lipinski definition) is 2. The molecule has 15 heavy (non-hydrogen) atoms. The third-order valence-electron chi connectivity index (χ3n) is 3.99. The van der Waals surface area contributed by atoms with Crippen molar-refractivity contribution in [3.63, 3.8) is 0 Å². The summed E-state index contributed by atoms with van der Waals surface area (Å²) in [6, 6.07) is 1.34. The number of hydrogen-bond acceptors (Lipinski definition) is 3. The average molecular weight is 214 g/mol. The Balaban J connectivity index is 2.46. The maximum atomic E-state index is 9.34. The first-order valence-electron chi connectivity index (χ1n) is 6.02. The molecule has 0 saturated heterocycles. The molecule has 3 heteroatoms. The van der Waals surface area contributed by atoms with Crippen LogP contribution in [-0.4, -0.2) is 48.3 Å². The SMILES string of the molecule is CNC1CCC(N(C)C(C)(C)CO)CC1. The molecule has 0 aromatic rings. The normalized spacial score (nSPS) is 28.4. The Kier molecular flexibility index (Phi) is 4.56. The van der Waals surface area contributed by atoms with E-state index in [0.717, 1.165) is 0 Å². The summed E-state index contributed by atoms with van der Waals surface area (Å²) in [6.45, 7) is 4.45. The lowest BCUT2D eigenvalue weighted by molar-refractivity contribution is 0.0287. The molecule has 0 amide bonds. The van der Waals surface area contributed by atoms with Crippen molar-refractivity contribution in [2.75, 3.05) is 20.7 Å². The van der Waals surface area contributed by atoms with Crippen LogP contribution in [0.3, 0.4) is 0 Å². The molecule has 1 saturated carbocycles. The van der Waals surface area contributed by atoms with Crippen molar-refractivity contribution in [2.24, 2.45) is 0 Å². The summed E-state index contributed by atoms with van der Waals surface area (Å²) in [7, 11) is 4.19. The molecule has 0 spiro atoms. The van der Waals surface area contributed by atoms with E-state index in [9.17, 15) is 5.11 Å². The molecular weight excluding hydrogens is 188 g/mol. The maximum absolute atomic E-state index is 9.34. The van der Waals surface area contributed by atoms with Gasteiger partial charge in [0.2, 0.25) is 0 Å². The fraction of sp³-hybridized carbons (Fsp3) is 1.00. The molecule has 0 atom stereocenters. The first-order chi connectivity index (χ1) is 7.01. The van der Waals surface area contributed by atoms with E-state index < -0.39 is 0 Å². The zero-order valence-corrected chi connectivity index (χ0v) is 10.6. The van der Waals surface area contributed by atoms with Crippen LogP contribution >= 0.6 is 0 Å². The summed E-state index contributed by atoms with van der Waals surface area (Å²) in [4.78, 5) is 2.35. The van der Waals surface area contributed by atoms with E-state index in [1.165, 1.54) is 25.7 Å². The topological polar surface area (TPSA) is 35.5 Å². The Morgan fingerprint density at radius 1 is 1.27 bits per heavy atom. The van der Waals surface area contributed by atoms with Gasteiger partial charge in [-0.1, -0.05) is 0 Å². The molecule has 0 unspecified atom stereocenters. The van der Waals surface area contributed by atoms with E-state index in [1.54, 1.807) is 0 Å². The van der Waals surface area contributed by atoms with E-state index in [1.807, 2.05) is 7.05 Å². The number of aliphatic hydroxyl groups excluding tert-OH is 1. The van der Waals surface area contributed by atoms with Gasteiger partial charge in [-0.2, -0.15) is 0 Å². The molecule has 0 bridgehead atoms. The van der Waals surface area contributed by atoms with Crippen LogP contribution in [0.2, 0.25) is 0 Å². The molecule has 0 radical (unpaired) electrons. The second kappa shape index (κ2) is 5.28. The molecule has 0 aromatic heterocycles. The van der Waals surface area contributed by atoms with Crippen LogP contribution in [-0.2, 0) is 0 Å². The lowest BCUT2D eigenvalue weighted by atomic mass is 9.88. The molecule has 1 aliphatic carbocycles. The van der Waals surface area contributed by atoms with Crippen molar-refractivity contribution in [3.8, 4) is 0 Å². The van der Waals surface area contributed by atoms with Crippen molar-refractivity contribution < 1.29 is 5.11 Å². The standard InChI is InChI=1S/C12H26N2O/c1-12(2,9-15)14(4)11-7-5-10(13-3)6-8-11/h10-11,13,15H,5-9H2,1-4H3. The Morgan fingerprint density at radius 2 is 1.80 bits per heavy atom. The minimum atomic E-state index is -0.0862. The second-order valence-electron chi connectivity index (χ2n) is 5.38. The van der Waals surface area contributed by atoms with Gasteiger partial charge in [0.05, 0.1) is 6.61 Å². The van der Waals surface area contributed by atoms with Gasteiger partial charge in [0.1, 0.15) is 0 Å². The lowest BCUT2D eigenvalue weighted by Crippen LogP contribution is -2.51. The Labute approximate surface area is 93.9 Å². The Bertz CT molecular complexity index is 186. The minimum absolute atomic E-state index is 0.0862.